The molecule has 3 N–H and O–H groups in total. The normalized spacial score (nSPS) is 12.4. The number of aliphatic hydroxyl groups is 1. The number of aromatic amines is 1. The number of carbonyl (C=O) groups is 3. The van der Waals surface area contributed by atoms with Crippen molar-refractivity contribution in [2.24, 2.45) is 0 Å². The largest absolute Gasteiger partial charge is 0.464 e. The second-order valence-electron chi connectivity index (χ2n) is 8.83. The Morgan fingerprint density at radius 1 is 1.08 bits per heavy atom. The summed E-state index contributed by atoms with van der Waals surface area (Å²) in [5.41, 5.74) is 3.21. The summed E-state index contributed by atoms with van der Waals surface area (Å²) in [4.78, 5) is 39.1. The molecule has 0 radical (unpaired) electrons. The first-order valence-corrected chi connectivity index (χ1v) is 12.4. The van der Waals surface area contributed by atoms with Crippen molar-refractivity contribution in [3.63, 3.8) is 0 Å². The number of esters is 1. The number of methoxy groups -OCH3 is 1. The number of rotatable bonds is 13. The molecule has 2 amide bonds. The first-order chi connectivity index (χ1) is 18.3. The second-order valence-corrected chi connectivity index (χ2v) is 8.83. The molecule has 0 bridgehead atoms. The number of nitrogens with zero attached hydrogens (tertiary/aromatic N) is 2. The van der Waals surface area contributed by atoms with Gasteiger partial charge in [0.05, 0.1) is 13.2 Å². The number of H-pyrrole nitrogens is 1. The molecule has 0 saturated heterocycles. The highest BCUT2D eigenvalue weighted by atomic mass is 16.5. The molecule has 0 saturated carbocycles. The maximum atomic E-state index is 13.0. The molecular formula is C28H34N4O6. The van der Waals surface area contributed by atoms with E-state index in [1.54, 1.807) is 21.1 Å². The van der Waals surface area contributed by atoms with Gasteiger partial charge in [0, 0.05) is 39.2 Å². The Hall–Kier alpha value is -4.02. The number of nitrogens with one attached hydrogen (secondary N) is 2. The van der Waals surface area contributed by atoms with Crippen LogP contribution in [0.25, 0.3) is 11.1 Å². The molecule has 3 rings (SSSR count). The zero-order chi connectivity index (χ0) is 27.5. The van der Waals surface area contributed by atoms with E-state index in [2.05, 4.69) is 15.5 Å². The zero-order valence-corrected chi connectivity index (χ0v) is 21.8. The van der Waals surface area contributed by atoms with Gasteiger partial charge in [0.1, 0.15) is 5.69 Å². The molecule has 0 aliphatic rings. The second kappa shape index (κ2) is 14.1. The summed E-state index contributed by atoms with van der Waals surface area (Å²) in [5, 5.41) is 19.8. The van der Waals surface area contributed by atoms with Crippen LogP contribution in [0.15, 0.2) is 60.7 Å². The van der Waals surface area contributed by atoms with Crippen molar-refractivity contribution in [2.75, 3.05) is 33.9 Å². The molecule has 1 aromatic heterocycles. The van der Waals surface area contributed by atoms with E-state index in [-0.39, 0.29) is 30.3 Å². The molecular weight excluding hydrogens is 488 g/mol. The van der Waals surface area contributed by atoms with Crippen molar-refractivity contribution in [1.82, 2.24) is 20.4 Å². The molecule has 0 fully saturated rings. The van der Waals surface area contributed by atoms with Crippen LogP contribution in [-0.4, -0.2) is 84.0 Å². The predicted molar refractivity (Wildman–Crippen MR) is 142 cm³/mol. The number of likely N-dealkylation sites (N-methyl/N-ethyl adjacent to an activating group) is 1. The van der Waals surface area contributed by atoms with Gasteiger partial charge in [-0.25, -0.2) is 4.79 Å². The average molecular weight is 523 g/mol. The van der Waals surface area contributed by atoms with E-state index in [9.17, 15) is 19.5 Å². The average Bonchev–Trinajstić information content (AvgIpc) is 3.43. The van der Waals surface area contributed by atoms with Crippen LogP contribution in [0.2, 0.25) is 0 Å². The van der Waals surface area contributed by atoms with Gasteiger partial charge >= 0.3 is 5.97 Å². The molecule has 10 nitrogen and oxygen atoms in total. The standard InChI is InChI=1S/C28H34N4O6/c1-4-38-28(36)25(33)17-22(16-19-10-12-21(13-11-19)20-8-6-5-7-9-20)29-26(34)23-18-24(31-30-23)27(35)32(2)14-15-37-3/h5-13,18,22,25,33H,4,14-17H2,1-3H3,(H,29,34)(H,30,31)/t22-,25-/m1/s1. The lowest BCUT2D eigenvalue weighted by atomic mass is 9.97. The van der Waals surface area contributed by atoms with E-state index >= 15 is 0 Å². The third kappa shape index (κ3) is 7.99. The summed E-state index contributed by atoms with van der Waals surface area (Å²) in [6.45, 7) is 2.55. The van der Waals surface area contributed by atoms with Crippen molar-refractivity contribution in [2.45, 2.75) is 31.9 Å². The Kier molecular flexibility index (Phi) is 10.6. The third-order valence-electron chi connectivity index (χ3n) is 5.96. The van der Waals surface area contributed by atoms with Gasteiger partial charge in [-0.1, -0.05) is 54.6 Å². The molecule has 0 spiro atoms. The minimum Gasteiger partial charge on any atom is -0.464 e. The van der Waals surface area contributed by atoms with Gasteiger partial charge in [-0.2, -0.15) is 5.10 Å². The molecule has 1 heterocycles. The summed E-state index contributed by atoms with van der Waals surface area (Å²) < 4.78 is 9.91. The molecule has 38 heavy (non-hydrogen) atoms. The summed E-state index contributed by atoms with van der Waals surface area (Å²) in [6, 6.07) is 18.6. The summed E-state index contributed by atoms with van der Waals surface area (Å²) in [6.07, 6.45) is -1.11. The van der Waals surface area contributed by atoms with Crippen LogP contribution in [0, 0.1) is 0 Å². The van der Waals surface area contributed by atoms with Gasteiger partial charge in [0.2, 0.25) is 0 Å². The van der Waals surface area contributed by atoms with E-state index in [0.717, 1.165) is 16.7 Å². The van der Waals surface area contributed by atoms with E-state index in [4.69, 9.17) is 9.47 Å². The lowest BCUT2D eigenvalue weighted by molar-refractivity contribution is -0.153. The van der Waals surface area contributed by atoms with Gasteiger partial charge in [0.25, 0.3) is 11.8 Å². The molecule has 10 heteroatoms. The van der Waals surface area contributed by atoms with Gasteiger partial charge in [-0.15, -0.1) is 0 Å². The fourth-order valence-electron chi connectivity index (χ4n) is 3.89. The monoisotopic (exact) mass is 522 g/mol. The predicted octanol–water partition coefficient (Wildman–Crippen LogP) is 2.45. The number of aromatic nitrogens is 2. The Labute approximate surface area is 222 Å². The molecule has 0 aliphatic heterocycles. The fraction of sp³-hybridized carbons (Fsp3) is 0.357. The Bertz CT molecular complexity index is 1200. The SMILES string of the molecule is CCOC(=O)[C@H](O)C[C@@H](Cc1ccc(-c2ccccc2)cc1)NC(=O)c1cc(C(=O)N(C)CCOC)[nH]n1. The lowest BCUT2D eigenvalue weighted by Crippen LogP contribution is -2.41. The van der Waals surface area contributed by atoms with Crippen LogP contribution in [0.4, 0.5) is 0 Å². The smallest absolute Gasteiger partial charge is 0.335 e. The van der Waals surface area contributed by atoms with E-state index in [0.29, 0.717) is 19.6 Å². The highest BCUT2D eigenvalue weighted by Crippen LogP contribution is 2.20. The Morgan fingerprint density at radius 3 is 2.42 bits per heavy atom. The van der Waals surface area contributed by atoms with Gasteiger partial charge in [0.15, 0.2) is 11.8 Å². The molecule has 0 aliphatic carbocycles. The van der Waals surface area contributed by atoms with Gasteiger partial charge in [-0.05, 0) is 30.0 Å². The van der Waals surface area contributed by atoms with Crippen molar-refractivity contribution in [3.05, 3.63) is 77.6 Å². The molecule has 3 aromatic rings. The van der Waals surface area contributed by atoms with Crippen molar-refractivity contribution >= 4 is 17.8 Å². The first-order valence-electron chi connectivity index (χ1n) is 12.4. The van der Waals surface area contributed by atoms with Crippen LogP contribution < -0.4 is 5.32 Å². The summed E-state index contributed by atoms with van der Waals surface area (Å²) in [7, 11) is 3.17. The number of ether oxygens (including phenoxy) is 2. The topological polar surface area (TPSA) is 134 Å². The Balaban J connectivity index is 1.72. The fourth-order valence-corrected chi connectivity index (χ4v) is 3.89. The highest BCUT2D eigenvalue weighted by Gasteiger charge is 2.25. The number of carbonyl (C=O) groups excluding carboxylic acids is 3. The quantitative estimate of drug-likeness (QED) is 0.294. The lowest BCUT2D eigenvalue weighted by Gasteiger charge is -2.21. The molecule has 2 aromatic carbocycles. The van der Waals surface area contributed by atoms with Gasteiger partial charge in [-0.3, -0.25) is 14.7 Å². The molecule has 0 unspecified atom stereocenters. The number of hydrogen-bond donors (Lipinski definition) is 3. The van der Waals surface area contributed by atoms with Crippen LogP contribution in [0.3, 0.4) is 0 Å². The first kappa shape index (κ1) is 28.5. The third-order valence-corrected chi connectivity index (χ3v) is 5.96. The number of hydrogen-bond acceptors (Lipinski definition) is 7. The maximum Gasteiger partial charge on any atom is 0.335 e. The maximum absolute atomic E-state index is 13.0. The number of amides is 2. The highest BCUT2D eigenvalue weighted by molar-refractivity contribution is 5.97. The molecule has 202 valence electrons. The van der Waals surface area contributed by atoms with Crippen molar-refractivity contribution in [1.29, 1.82) is 0 Å². The summed E-state index contributed by atoms with van der Waals surface area (Å²) >= 11 is 0. The number of benzene rings is 2. The van der Waals surface area contributed by atoms with E-state index in [1.165, 1.54) is 11.0 Å². The van der Waals surface area contributed by atoms with Crippen LogP contribution in [0.5, 0.6) is 0 Å². The zero-order valence-electron chi connectivity index (χ0n) is 21.8. The number of aliphatic hydroxyl groups excluding tert-OH is 1. The van der Waals surface area contributed by atoms with Crippen LogP contribution >= 0.6 is 0 Å². The summed E-state index contributed by atoms with van der Waals surface area (Å²) in [5.74, 6) is -1.62. The Morgan fingerprint density at radius 2 is 1.76 bits per heavy atom. The van der Waals surface area contributed by atoms with Crippen molar-refractivity contribution in [3.8, 4) is 11.1 Å². The van der Waals surface area contributed by atoms with Crippen LogP contribution in [-0.2, 0) is 20.7 Å². The van der Waals surface area contributed by atoms with Crippen molar-refractivity contribution < 1.29 is 29.0 Å². The molecule has 2 atom stereocenters. The minimum absolute atomic E-state index is 0.0172. The van der Waals surface area contributed by atoms with Crippen LogP contribution in [0.1, 0.15) is 39.9 Å². The van der Waals surface area contributed by atoms with Gasteiger partial charge < -0.3 is 24.8 Å². The minimum atomic E-state index is -1.41. The van der Waals surface area contributed by atoms with E-state index in [1.807, 2.05) is 54.6 Å². The van der Waals surface area contributed by atoms with E-state index < -0.39 is 24.0 Å².